The van der Waals surface area contributed by atoms with Gasteiger partial charge < -0.3 is 5.73 Å². The molecule has 1 aromatic carbocycles. The molecule has 1 aromatic heterocycles. The third-order valence-corrected chi connectivity index (χ3v) is 2.86. The van der Waals surface area contributed by atoms with Gasteiger partial charge in [0, 0.05) is 5.56 Å². The predicted molar refractivity (Wildman–Crippen MR) is 66.0 cm³/mol. The van der Waals surface area contributed by atoms with Crippen molar-refractivity contribution < 1.29 is 4.39 Å². The van der Waals surface area contributed by atoms with Gasteiger partial charge in [0.05, 0.1) is 6.20 Å². The van der Waals surface area contributed by atoms with Crippen molar-refractivity contribution in [1.82, 2.24) is 9.97 Å². The second-order valence-electron chi connectivity index (χ2n) is 4.18. The average molecular weight is 231 g/mol. The largest absolute Gasteiger partial charge is 0.368 e. The lowest BCUT2D eigenvalue weighted by atomic mass is 9.98. The SMILES string of the molecule is Cc1cc(C)c(-c2nc(N)ncc2F)cc1C. The number of nitrogens with two attached hydrogens (primary N) is 1. The monoisotopic (exact) mass is 231 g/mol. The number of hydrogen-bond donors (Lipinski definition) is 1. The van der Waals surface area contributed by atoms with E-state index in [-0.39, 0.29) is 11.6 Å². The van der Waals surface area contributed by atoms with E-state index in [0.717, 1.165) is 22.9 Å². The molecule has 88 valence electrons. The topological polar surface area (TPSA) is 51.8 Å². The Kier molecular flexibility index (Phi) is 2.79. The maximum atomic E-state index is 13.7. The number of benzene rings is 1. The molecule has 0 aliphatic carbocycles. The summed E-state index contributed by atoms with van der Waals surface area (Å²) >= 11 is 0. The number of rotatable bonds is 1. The molecule has 0 amide bonds. The van der Waals surface area contributed by atoms with Crippen LogP contribution in [-0.4, -0.2) is 9.97 Å². The van der Waals surface area contributed by atoms with Gasteiger partial charge in [0.1, 0.15) is 5.69 Å². The number of halogens is 1. The summed E-state index contributed by atoms with van der Waals surface area (Å²) in [4.78, 5) is 7.59. The Bertz CT molecular complexity index is 579. The van der Waals surface area contributed by atoms with E-state index in [1.54, 1.807) is 0 Å². The van der Waals surface area contributed by atoms with E-state index in [4.69, 9.17) is 5.73 Å². The minimum absolute atomic E-state index is 0.0824. The Morgan fingerprint density at radius 3 is 2.41 bits per heavy atom. The van der Waals surface area contributed by atoms with E-state index in [1.807, 2.05) is 32.9 Å². The van der Waals surface area contributed by atoms with Crippen molar-refractivity contribution >= 4 is 5.95 Å². The summed E-state index contributed by atoms with van der Waals surface area (Å²) in [6, 6.07) is 3.94. The van der Waals surface area contributed by atoms with Gasteiger partial charge in [-0.15, -0.1) is 0 Å². The number of nitrogens with zero attached hydrogens (tertiary/aromatic N) is 2. The van der Waals surface area contributed by atoms with Crippen molar-refractivity contribution in [3.05, 3.63) is 40.8 Å². The Labute approximate surface area is 99.5 Å². The smallest absolute Gasteiger partial charge is 0.220 e. The standard InChI is InChI=1S/C13H14FN3/c1-7-4-9(3)10(5-8(7)2)12-11(14)6-16-13(15)17-12/h4-6H,1-3H3,(H2,15,16,17). The Balaban J connectivity index is 2.68. The van der Waals surface area contributed by atoms with Crippen molar-refractivity contribution in [2.24, 2.45) is 0 Å². The molecule has 3 nitrogen and oxygen atoms in total. The highest BCUT2D eigenvalue weighted by molar-refractivity contribution is 5.66. The first-order valence-corrected chi connectivity index (χ1v) is 5.35. The lowest BCUT2D eigenvalue weighted by molar-refractivity contribution is 0.619. The number of aromatic nitrogens is 2. The van der Waals surface area contributed by atoms with E-state index in [1.165, 1.54) is 5.56 Å². The molecule has 0 fully saturated rings. The molecule has 0 saturated carbocycles. The molecule has 2 N–H and O–H groups in total. The Morgan fingerprint density at radius 2 is 1.71 bits per heavy atom. The second kappa shape index (κ2) is 4.13. The van der Waals surface area contributed by atoms with Gasteiger partial charge in [0.25, 0.3) is 0 Å². The van der Waals surface area contributed by atoms with Crippen LogP contribution in [0, 0.1) is 26.6 Å². The average Bonchev–Trinajstić information content (AvgIpc) is 2.27. The minimum atomic E-state index is -0.453. The van der Waals surface area contributed by atoms with Gasteiger partial charge in [-0.3, -0.25) is 0 Å². The Hall–Kier alpha value is -1.97. The van der Waals surface area contributed by atoms with Crippen LogP contribution in [0.5, 0.6) is 0 Å². The highest BCUT2D eigenvalue weighted by Gasteiger charge is 2.12. The molecular weight excluding hydrogens is 217 g/mol. The molecule has 0 saturated heterocycles. The molecule has 0 atom stereocenters. The summed E-state index contributed by atoms with van der Waals surface area (Å²) in [5.41, 5.74) is 9.77. The van der Waals surface area contributed by atoms with E-state index in [0.29, 0.717) is 0 Å². The minimum Gasteiger partial charge on any atom is -0.368 e. The van der Waals surface area contributed by atoms with Crippen LogP contribution in [0.25, 0.3) is 11.3 Å². The van der Waals surface area contributed by atoms with Crippen LogP contribution in [0.3, 0.4) is 0 Å². The zero-order chi connectivity index (χ0) is 12.6. The van der Waals surface area contributed by atoms with Crippen molar-refractivity contribution in [2.75, 3.05) is 5.73 Å². The van der Waals surface area contributed by atoms with Crippen molar-refractivity contribution in [1.29, 1.82) is 0 Å². The summed E-state index contributed by atoms with van der Waals surface area (Å²) < 4.78 is 13.7. The lowest BCUT2D eigenvalue weighted by Gasteiger charge is -2.10. The highest BCUT2D eigenvalue weighted by Crippen LogP contribution is 2.26. The first kappa shape index (κ1) is 11.5. The van der Waals surface area contributed by atoms with Gasteiger partial charge in [-0.05, 0) is 43.5 Å². The summed E-state index contributed by atoms with van der Waals surface area (Å²) in [5.74, 6) is -0.371. The second-order valence-corrected chi connectivity index (χ2v) is 4.18. The van der Waals surface area contributed by atoms with Gasteiger partial charge in [-0.1, -0.05) is 6.07 Å². The number of hydrogen-bond acceptors (Lipinski definition) is 3. The van der Waals surface area contributed by atoms with E-state index >= 15 is 0 Å². The number of aryl methyl sites for hydroxylation is 3. The van der Waals surface area contributed by atoms with E-state index in [2.05, 4.69) is 9.97 Å². The van der Waals surface area contributed by atoms with Crippen molar-refractivity contribution in [2.45, 2.75) is 20.8 Å². The lowest BCUT2D eigenvalue weighted by Crippen LogP contribution is -2.00. The van der Waals surface area contributed by atoms with Crippen LogP contribution < -0.4 is 5.73 Å². The summed E-state index contributed by atoms with van der Waals surface area (Å²) in [6.07, 6.45) is 1.10. The Morgan fingerprint density at radius 1 is 1.06 bits per heavy atom. The first-order valence-electron chi connectivity index (χ1n) is 5.35. The fourth-order valence-corrected chi connectivity index (χ4v) is 1.79. The quantitative estimate of drug-likeness (QED) is 0.821. The molecule has 0 aliphatic heterocycles. The molecule has 17 heavy (non-hydrogen) atoms. The normalized spacial score (nSPS) is 10.6. The molecule has 0 unspecified atom stereocenters. The number of anilines is 1. The van der Waals surface area contributed by atoms with Crippen LogP contribution in [0.2, 0.25) is 0 Å². The molecule has 0 aliphatic rings. The van der Waals surface area contributed by atoms with Gasteiger partial charge in [-0.25, -0.2) is 14.4 Å². The molecule has 0 spiro atoms. The molecular formula is C13H14FN3. The molecule has 0 radical (unpaired) electrons. The fraction of sp³-hybridized carbons (Fsp3) is 0.231. The third-order valence-electron chi connectivity index (χ3n) is 2.86. The van der Waals surface area contributed by atoms with Gasteiger partial charge in [0.2, 0.25) is 5.95 Å². The third kappa shape index (κ3) is 2.11. The van der Waals surface area contributed by atoms with Gasteiger partial charge in [0.15, 0.2) is 5.82 Å². The van der Waals surface area contributed by atoms with Gasteiger partial charge >= 0.3 is 0 Å². The van der Waals surface area contributed by atoms with Crippen molar-refractivity contribution in [3.8, 4) is 11.3 Å². The van der Waals surface area contributed by atoms with Gasteiger partial charge in [-0.2, -0.15) is 0 Å². The molecule has 1 heterocycles. The van der Waals surface area contributed by atoms with Crippen LogP contribution in [-0.2, 0) is 0 Å². The zero-order valence-corrected chi connectivity index (χ0v) is 10.1. The zero-order valence-electron chi connectivity index (χ0n) is 10.1. The number of nitrogen functional groups attached to an aromatic ring is 1. The summed E-state index contributed by atoms with van der Waals surface area (Å²) in [5, 5.41) is 0. The molecule has 4 heteroatoms. The highest BCUT2D eigenvalue weighted by atomic mass is 19.1. The molecule has 2 rings (SSSR count). The predicted octanol–water partition coefficient (Wildman–Crippen LogP) is 2.79. The van der Waals surface area contributed by atoms with Crippen LogP contribution in [0.1, 0.15) is 16.7 Å². The first-order chi connectivity index (χ1) is 7.99. The maximum absolute atomic E-state index is 13.7. The summed E-state index contributed by atoms with van der Waals surface area (Å²) in [7, 11) is 0. The molecule has 2 aromatic rings. The maximum Gasteiger partial charge on any atom is 0.220 e. The van der Waals surface area contributed by atoms with E-state index in [9.17, 15) is 4.39 Å². The van der Waals surface area contributed by atoms with E-state index < -0.39 is 5.82 Å². The van der Waals surface area contributed by atoms with Crippen LogP contribution in [0.4, 0.5) is 10.3 Å². The summed E-state index contributed by atoms with van der Waals surface area (Å²) in [6.45, 7) is 5.94. The van der Waals surface area contributed by atoms with Crippen molar-refractivity contribution in [3.63, 3.8) is 0 Å². The fourth-order valence-electron chi connectivity index (χ4n) is 1.79. The van der Waals surface area contributed by atoms with Crippen LogP contribution in [0.15, 0.2) is 18.3 Å². The molecule has 0 bridgehead atoms. The van der Waals surface area contributed by atoms with Crippen LogP contribution >= 0.6 is 0 Å².